The Hall–Kier alpha value is -0.730. The van der Waals surface area contributed by atoms with E-state index in [1.54, 1.807) is 0 Å². The van der Waals surface area contributed by atoms with Crippen LogP contribution in [0.3, 0.4) is 0 Å². The molecule has 0 bridgehead atoms. The summed E-state index contributed by atoms with van der Waals surface area (Å²) in [6, 6.07) is 9.76. The van der Waals surface area contributed by atoms with E-state index >= 15 is 0 Å². The summed E-state index contributed by atoms with van der Waals surface area (Å²) in [6.45, 7) is 1.40. The van der Waals surface area contributed by atoms with Crippen LogP contribution in [-0.4, -0.2) is 13.2 Å². The second-order valence-electron chi connectivity index (χ2n) is 2.30. The van der Waals surface area contributed by atoms with Crippen LogP contribution in [0.25, 0.3) is 0 Å². The highest BCUT2D eigenvalue weighted by Gasteiger charge is 1.88. The minimum Gasteiger partial charge on any atom is -0.494 e. The molecule has 0 aromatic heterocycles. The van der Waals surface area contributed by atoms with Crippen LogP contribution >= 0.6 is 12.4 Å². The van der Waals surface area contributed by atoms with Crippen LogP contribution in [-0.2, 0) is 0 Å². The van der Waals surface area contributed by atoms with Crippen molar-refractivity contribution in [2.75, 3.05) is 13.2 Å². The van der Waals surface area contributed by atoms with Crippen molar-refractivity contribution in [3.8, 4) is 5.75 Å². The van der Waals surface area contributed by atoms with Gasteiger partial charge in [-0.15, -0.1) is 12.4 Å². The molecule has 0 saturated carbocycles. The molecule has 1 aromatic carbocycles. The smallest absolute Gasteiger partial charge is 0.119 e. The quantitative estimate of drug-likeness (QED) is 0.731. The molecule has 0 saturated heterocycles. The normalized spacial score (nSPS) is 8.75. The Morgan fingerprint density at radius 2 is 1.83 bits per heavy atom. The van der Waals surface area contributed by atoms with Crippen LogP contribution < -0.4 is 10.5 Å². The van der Waals surface area contributed by atoms with E-state index in [1.165, 1.54) is 0 Å². The minimum absolute atomic E-state index is 0. The summed E-state index contributed by atoms with van der Waals surface area (Å²) in [6.07, 6.45) is 0.912. The molecule has 1 rings (SSSR count). The van der Waals surface area contributed by atoms with Gasteiger partial charge in [0, 0.05) is 0 Å². The SMILES string of the molecule is Cl.NCCCOc1ccccc1. The zero-order valence-electron chi connectivity index (χ0n) is 6.90. The van der Waals surface area contributed by atoms with Crippen molar-refractivity contribution in [2.24, 2.45) is 5.73 Å². The lowest BCUT2D eigenvalue weighted by molar-refractivity contribution is 0.313. The van der Waals surface area contributed by atoms with Crippen LogP contribution in [0.2, 0.25) is 0 Å². The number of nitrogens with two attached hydrogens (primary N) is 1. The molecule has 0 amide bonds. The predicted molar refractivity (Wildman–Crippen MR) is 52.9 cm³/mol. The van der Waals surface area contributed by atoms with Crippen molar-refractivity contribution in [3.05, 3.63) is 30.3 Å². The largest absolute Gasteiger partial charge is 0.494 e. The first kappa shape index (κ1) is 11.3. The third-order valence-corrected chi connectivity index (χ3v) is 1.36. The first-order valence-electron chi connectivity index (χ1n) is 3.81. The van der Waals surface area contributed by atoms with Gasteiger partial charge >= 0.3 is 0 Å². The number of ether oxygens (including phenoxy) is 1. The molecule has 0 atom stereocenters. The molecule has 0 heterocycles. The van der Waals surface area contributed by atoms with Gasteiger partial charge in [-0.05, 0) is 25.1 Å². The molecule has 0 aliphatic carbocycles. The molecule has 0 aliphatic rings. The van der Waals surface area contributed by atoms with Crippen molar-refractivity contribution < 1.29 is 4.74 Å². The summed E-state index contributed by atoms with van der Waals surface area (Å²) in [5.41, 5.74) is 5.31. The van der Waals surface area contributed by atoms with E-state index < -0.39 is 0 Å². The average molecular weight is 188 g/mol. The first-order valence-corrected chi connectivity index (χ1v) is 3.81. The molecule has 0 unspecified atom stereocenters. The number of para-hydroxylation sites is 1. The molecule has 0 aliphatic heterocycles. The first-order chi connectivity index (χ1) is 5.43. The van der Waals surface area contributed by atoms with Crippen LogP contribution in [0.1, 0.15) is 6.42 Å². The van der Waals surface area contributed by atoms with Crippen molar-refractivity contribution in [1.82, 2.24) is 0 Å². The van der Waals surface area contributed by atoms with Gasteiger partial charge in [-0.25, -0.2) is 0 Å². The number of halogens is 1. The summed E-state index contributed by atoms with van der Waals surface area (Å²) >= 11 is 0. The summed E-state index contributed by atoms with van der Waals surface area (Å²) < 4.78 is 5.37. The highest BCUT2D eigenvalue weighted by molar-refractivity contribution is 5.85. The molecular weight excluding hydrogens is 174 g/mol. The predicted octanol–water partition coefficient (Wildman–Crippen LogP) is 1.84. The fourth-order valence-corrected chi connectivity index (χ4v) is 0.790. The van der Waals surface area contributed by atoms with Crippen LogP contribution in [0, 0.1) is 0 Å². The molecule has 2 nitrogen and oxygen atoms in total. The third-order valence-electron chi connectivity index (χ3n) is 1.36. The maximum absolute atomic E-state index is 5.37. The Kier molecular flexibility index (Phi) is 6.53. The van der Waals surface area contributed by atoms with E-state index in [1.807, 2.05) is 30.3 Å². The van der Waals surface area contributed by atoms with E-state index in [-0.39, 0.29) is 12.4 Å². The summed E-state index contributed by atoms with van der Waals surface area (Å²) in [5.74, 6) is 0.918. The number of rotatable bonds is 4. The summed E-state index contributed by atoms with van der Waals surface area (Å²) in [5, 5.41) is 0. The maximum atomic E-state index is 5.37. The maximum Gasteiger partial charge on any atom is 0.119 e. The average Bonchev–Trinajstić information content (AvgIpc) is 2.07. The van der Waals surface area contributed by atoms with Gasteiger partial charge in [-0.3, -0.25) is 0 Å². The Morgan fingerprint density at radius 3 is 2.42 bits per heavy atom. The van der Waals surface area contributed by atoms with Crippen molar-refractivity contribution in [1.29, 1.82) is 0 Å². The van der Waals surface area contributed by atoms with E-state index in [9.17, 15) is 0 Å². The standard InChI is InChI=1S/C9H13NO.ClH/c10-7-4-8-11-9-5-2-1-3-6-9;/h1-3,5-6H,4,7-8,10H2;1H. The van der Waals surface area contributed by atoms with Gasteiger partial charge in [0.15, 0.2) is 0 Å². The molecule has 0 radical (unpaired) electrons. The fraction of sp³-hybridized carbons (Fsp3) is 0.333. The van der Waals surface area contributed by atoms with Crippen LogP contribution in [0.5, 0.6) is 5.75 Å². The minimum atomic E-state index is 0. The van der Waals surface area contributed by atoms with Gasteiger partial charge < -0.3 is 10.5 Å². The van der Waals surface area contributed by atoms with Crippen molar-refractivity contribution >= 4 is 12.4 Å². The summed E-state index contributed by atoms with van der Waals surface area (Å²) in [7, 11) is 0. The van der Waals surface area contributed by atoms with Gasteiger partial charge in [0.25, 0.3) is 0 Å². The highest BCUT2D eigenvalue weighted by atomic mass is 35.5. The van der Waals surface area contributed by atoms with Gasteiger partial charge in [0.05, 0.1) is 6.61 Å². The van der Waals surface area contributed by atoms with Crippen molar-refractivity contribution in [2.45, 2.75) is 6.42 Å². The molecule has 0 spiro atoms. The van der Waals surface area contributed by atoms with Gasteiger partial charge in [0.1, 0.15) is 5.75 Å². The topological polar surface area (TPSA) is 35.2 Å². The number of benzene rings is 1. The highest BCUT2D eigenvalue weighted by Crippen LogP contribution is 2.07. The molecule has 2 N–H and O–H groups in total. The monoisotopic (exact) mass is 187 g/mol. The van der Waals surface area contributed by atoms with Crippen molar-refractivity contribution in [3.63, 3.8) is 0 Å². The Bertz CT molecular complexity index is 191. The van der Waals surface area contributed by atoms with E-state index in [0.717, 1.165) is 12.2 Å². The third kappa shape index (κ3) is 4.21. The Balaban J connectivity index is 0.00000121. The number of hydrogen-bond donors (Lipinski definition) is 1. The summed E-state index contributed by atoms with van der Waals surface area (Å²) in [4.78, 5) is 0. The molecule has 3 heteroatoms. The van der Waals surface area contributed by atoms with Gasteiger partial charge in [-0.2, -0.15) is 0 Å². The molecule has 68 valence electrons. The second-order valence-corrected chi connectivity index (χ2v) is 2.30. The molecule has 1 aromatic rings. The van der Waals surface area contributed by atoms with Crippen LogP contribution in [0.15, 0.2) is 30.3 Å². The second kappa shape index (κ2) is 6.95. The van der Waals surface area contributed by atoms with Crippen LogP contribution in [0.4, 0.5) is 0 Å². The van der Waals surface area contributed by atoms with Gasteiger partial charge in [-0.1, -0.05) is 18.2 Å². The zero-order valence-corrected chi connectivity index (χ0v) is 7.72. The molecular formula is C9H14ClNO. The lowest BCUT2D eigenvalue weighted by atomic mass is 10.3. The van der Waals surface area contributed by atoms with E-state index in [4.69, 9.17) is 10.5 Å². The fourth-order valence-electron chi connectivity index (χ4n) is 0.790. The van der Waals surface area contributed by atoms with E-state index in [2.05, 4.69) is 0 Å². The lowest BCUT2D eigenvalue weighted by Gasteiger charge is -2.03. The molecule has 12 heavy (non-hydrogen) atoms. The molecule has 0 fully saturated rings. The Morgan fingerprint density at radius 1 is 1.17 bits per heavy atom. The zero-order chi connectivity index (χ0) is 7.94. The van der Waals surface area contributed by atoms with E-state index in [0.29, 0.717) is 13.2 Å². The Labute approximate surface area is 79.1 Å². The lowest BCUT2D eigenvalue weighted by Crippen LogP contribution is -2.05. The van der Waals surface area contributed by atoms with Gasteiger partial charge in [0.2, 0.25) is 0 Å². The number of hydrogen-bond acceptors (Lipinski definition) is 2.